The SMILES string of the molecule is CC(C)c1ccc(CNC(=O)C2CC(=O)NC(c3ccccc3)N2)cc1. The molecule has 3 N–H and O–H groups in total. The lowest BCUT2D eigenvalue weighted by Crippen LogP contribution is -2.56. The van der Waals surface area contributed by atoms with E-state index in [0.717, 1.165) is 11.1 Å². The smallest absolute Gasteiger partial charge is 0.238 e. The van der Waals surface area contributed by atoms with Gasteiger partial charge in [-0.2, -0.15) is 0 Å². The van der Waals surface area contributed by atoms with Crippen LogP contribution in [0.25, 0.3) is 0 Å². The molecule has 2 aromatic rings. The van der Waals surface area contributed by atoms with E-state index in [0.29, 0.717) is 12.5 Å². The monoisotopic (exact) mass is 351 g/mol. The van der Waals surface area contributed by atoms with Gasteiger partial charge in [-0.25, -0.2) is 0 Å². The average molecular weight is 351 g/mol. The number of hydrogen-bond donors (Lipinski definition) is 3. The lowest BCUT2D eigenvalue weighted by atomic mass is 10.0. The first-order chi connectivity index (χ1) is 12.5. The van der Waals surface area contributed by atoms with Crippen LogP contribution in [0.3, 0.4) is 0 Å². The summed E-state index contributed by atoms with van der Waals surface area (Å²) in [6.45, 7) is 4.76. The first-order valence-corrected chi connectivity index (χ1v) is 9.00. The molecule has 2 atom stereocenters. The molecule has 2 aromatic carbocycles. The summed E-state index contributed by atoms with van der Waals surface area (Å²) >= 11 is 0. The summed E-state index contributed by atoms with van der Waals surface area (Å²) in [6.07, 6.45) is -0.208. The predicted molar refractivity (Wildman–Crippen MR) is 101 cm³/mol. The maximum absolute atomic E-state index is 12.5. The summed E-state index contributed by atoms with van der Waals surface area (Å²) in [5, 5.41) is 9.02. The highest BCUT2D eigenvalue weighted by Gasteiger charge is 2.31. The van der Waals surface area contributed by atoms with Gasteiger partial charge in [0.05, 0.1) is 12.5 Å². The molecule has 1 heterocycles. The summed E-state index contributed by atoms with van der Waals surface area (Å²) in [5.74, 6) is 0.200. The van der Waals surface area contributed by atoms with Crippen LogP contribution in [0, 0.1) is 0 Å². The largest absolute Gasteiger partial charge is 0.351 e. The molecular weight excluding hydrogens is 326 g/mol. The number of carbonyl (C=O) groups is 2. The maximum atomic E-state index is 12.5. The summed E-state index contributed by atoms with van der Waals surface area (Å²) in [5.41, 5.74) is 3.25. The Bertz CT molecular complexity index is 757. The molecule has 0 radical (unpaired) electrons. The summed E-state index contributed by atoms with van der Waals surface area (Å²) in [4.78, 5) is 24.5. The van der Waals surface area contributed by atoms with E-state index >= 15 is 0 Å². The van der Waals surface area contributed by atoms with Gasteiger partial charge < -0.3 is 10.6 Å². The highest BCUT2D eigenvalue weighted by molar-refractivity contribution is 5.89. The number of amides is 2. The third-order valence-corrected chi connectivity index (χ3v) is 4.63. The molecular formula is C21H25N3O2. The Morgan fingerprint density at radius 1 is 1.12 bits per heavy atom. The Kier molecular flexibility index (Phi) is 5.68. The van der Waals surface area contributed by atoms with Crippen molar-refractivity contribution in [3.63, 3.8) is 0 Å². The molecule has 0 aromatic heterocycles. The third-order valence-electron chi connectivity index (χ3n) is 4.63. The molecule has 0 spiro atoms. The van der Waals surface area contributed by atoms with Crippen LogP contribution in [0.4, 0.5) is 0 Å². The van der Waals surface area contributed by atoms with Crippen LogP contribution in [-0.2, 0) is 16.1 Å². The van der Waals surface area contributed by atoms with E-state index in [2.05, 4.69) is 41.9 Å². The zero-order chi connectivity index (χ0) is 18.5. The van der Waals surface area contributed by atoms with Crippen LogP contribution in [0.15, 0.2) is 54.6 Å². The molecule has 3 rings (SSSR count). The van der Waals surface area contributed by atoms with E-state index in [1.165, 1.54) is 5.56 Å². The summed E-state index contributed by atoms with van der Waals surface area (Å²) in [6, 6.07) is 17.3. The number of carbonyl (C=O) groups excluding carboxylic acids is 2. The molecule has 0 saturated carbocycles. The van der Waals surface area contributed by atoms with Gasteiger partial charge in [0.15, 0.2) is 0 Å². The van der Waals surface area contributed by atoms with E-state index in [-0.39, 0.29) is 24.4 Å². The van der Waals surface area contributed by atoms with Gasteiger partial charge in [-0.3, -0.25) is 14.9 Å². The molecule has 0 bridgehead atoms. The molecule has 5 heteroatoms. The van der Waals surface area contributed by atoms with Crippen LogP contribution in [-0.4, -0.2) is 17.9 Å². The van der Waals surface area contributed by atoms with Crippen molar-refractivity contribution >= 4 is 11.8 Å². The fourth-order valence-electron chi connectivity index (χ4n) is 3.03. The van der Waals surface area contributed by atoms with Crippen LogP contribution in [0.1, 0.15) is 49.0 Å². The number of hydrogen-bond acceptors (Lipinski definition) is 3. The summed E-state index contributed by atoms with van der Waals surface area (Å²) < 4.78 is 0. The van der Waals surface area contributed by atoms with Gasteiger partial charge in [0.25, 0.3) is 0 Å². The topological polar surface area (TPSA) is 70.2 Å². The number of rotatable bonds is 5. The van der Waals surface area contributed by atoms with Crippen molar-refractivity contribution in [2.24, 2.45) is 0 Å². The van der Waals surface area contributed by atoms with E-state index in [4.69, 9.17) is 0 Å². The van der Waals surface area contributed by atoms with Crippen LogP contribution < -0.4 is 16.0 Å². The zero-order valence-electron chi connectivity index (χ0n) is 15.2. The molecule has 2 amide bonds. The first kappa shape index (κ1) is 18.1. The van der Waals surface area contributed by atoms with E-state index in [1.54, 1.807) is 0 Å². The second-order valence-electron chi connectivity index (χ2n) is 6.95. The second kappa shape index (κ2) is 8.15. The van der Waals surface area contributed by atoms with Crippen molar-refractivity contribution in [2.45, 2.75) is 44.9 Å². The second-order valence-corrected chi connectivity index (χ2v) is 6.95. The minimum Gasteiger partial charge on any atom is -0.351 e. The predicted octanol–water partition coefficient (Wildman–Crippen LogP) is 2.60. The Hall–Kier alpha value is -2.66. The van der Waals surface area contributed by atoms with Gasteiger partial charge in [-0.15, -0.1) is 0 Å². The molecule has 136 valence electrons. The van der Waals surface area contributed by atoms with Crippen molar-refractivity contribution in [3.8, 4) is 0 Å². The normalized spacial score (nSPS) is 19.9. The minimum atomic E-state index is -0.538. The van der Waals surface area contributed by atoms with Gasteiger partial charge in [-0.1, -0.05) is 68.4 Å². The summed E-state index contributed by atoms with van der Waals surface area (Å²) in [7, 11) is 0. The number of nitrogens with one attached hydrogen (secondary N) is 3. The molecule has 1 aliphatic heterocycles. The first-order valence-electron chi connectivity index (χ1n) is 9.00. The van der Waals surface area contributed by atoms with Gasteiger partial charge in [0.1, 0.15) is 6.17 Å². The van der Waals surface area contributed by atoms with Crippen molar-refractivity contribution in [2.75, 3.05) is 0 Å². The number of benzene rings is 2. The molecule has 1 aliphatic rings. The Morgan fingerprint density at radius 2 is 1.81 bits per heavy atom. The Morgan fingerprint density at radius 3 is 2.46 bits per heavy atom. The van der Waals surface area contributed by atoms with E-state index < -0.39 is 6.04 Å². The highest BCUT2D eigenvalue weighted by atomic mass is 16.2. The third kappa shape index (κ3) is 4.49. The fourth-order valence-corrected chi connectivity index (χ4v) is 3.03. The van der Waals surface area contributed by atoms with Gasteiger partial charge >= 0.3 is 0 Å². The average Bonchev–Trinajstić information content (AvgIpc) is 2.66. The zero-order valence-corrected chi connectivity index (χ0v) is 15.2. The lowest BCUT2D eigenvalue weighted by Gasteiger charge is -2.31. The Labute approximate surface area is 154 Å². The standard InChI is InChI=1S/C21H25N3O2/c1-14(2)16-10-8-15(9-11-16)13-22-21(26)18-12-19(25)24-20(23-18)17-6-4-3-5-7-17/h3-11,14,18,20,23H,12-13H2,1-2H3,(H,22,26)(H,24,25). The molecule has 5 nitrogen and oxygen atoms in total. The van der Waals surface area contributed by atoms with E-state index in [9.17, 15) is 9.59 Å². The lowest BCUT2D eigenvalue weighted by molar-refractivity contribution is -0.132. The van der Waals surface area contributed by atoms with Gasteiger partial charge in [0.2, 0.25) is 11.8 Å². The molecule has 1 fully saturated rings. The molecule has 1 saturated heterocycles. The van der Waals surface area contributed by atoms with Crippen LogP contribution in [0.5, 0.6) is 0 Å². The highest BCUT2D eigenvalue weighted by Crippen LogP contribution is 2.16. The van der Waals surface area contributed by atoms with Crippen molar-refractivity contribution < 1.29 is 9.59 Å². The van der Waals surface area contributed by atoms with Gasteiger partial charge in [0, 0.05) is 6.54 Å². The fraction of sp³-hybridized carbons (Fsp3) is 0.333. The molecule has 26 heavy (non-hydrogen) atoms. The van der Waals surface area contributed by atoms with Crippen LogP contribution >= 0.6 is 0 Å². The van der Waals surface area contributed by atoms with Crippen LogP contribution in [0.2, 0.25) is 0 Å². The molecule has 2 unspecified atom stereocenters. The van der Waals surface area contributed by atoms with E-state index in [1.807, 2.05) is 42.5 Å². The minimum absolute atomic E-state index is 0.126. The van der Waals surface area contributed by atoms with Crippen molar-refractivity contribution in [3.05, 3.63) is 71.3 Å². The van der Waals surface area contributed by atoms with Crippen molar-refractivity contribution in [1.82, 2.24) is 16.0 Å². The maximum Gasteiger partial charge on any atom is 0.238 e. The van der Waals surface area contributed by atoms with Crippen molar-refractivity contribution in [1.29, 1.82) is 0 Å². The quantitative estimate of drug-likeness (QED) is 0.775. The molecule has 0 aliphatic carbocycles. The van der Waals surface area contributed by atoms with Gasteiger partial charge in [-0.05, 0) is 22.6 Å². The Balaban J connectivity index is 1.59.